The molecular formula is C34H34N2O3. The van der Waals surface area contributed by atoms with E-state index in [2.05, 4.69) is 42.9 Å². The summed E-state index contributed by atoms with van der Waals surface area (Å²) in [4.78, 5) is 29.2. The quantitative estimate of drug-likeness (QED) is 0.206. The van der Waals surface area contributed by atoms with Crippen LogP contribution < -0.4 is 10.1 Å². The number of hydrogen-bond donors (Lipinski definition) is 1. The van der Waals surface area contributed by atoms with Gasteiger partial charge in [-0.05, 0) is 54.2 Å². The van der Waals surface area contributed by atoms with Gasteiger partial charge in [0.05, 0.1) is 23.5 Å². The number of carbonyl (C=O) groups excluding carboxylic acids is 2. The van der Waals surface area contributed by atoms with Crippen molar-refractivity contribution in [1.82, 2.24) is 4.98 Å². The van der Waals surface area contributed by atoms with Crippen LogP contribution >= 0.6 is 0 Å². The van der Waals surface area contributed by atoms with Crippen molar-refractivity contribution in [2.75, 3.05) is 5.32 Å². The summed E-state index contributed by atoms with van der Waals surface area (Å²) < 4.78 is 6.11. The highest BCUT2D eigenvalue weighted by Crippen LogP contribution is 2.27. The SMILES string of the molecule is C=Cc1ccccc1OC(C)c1ccc(NC(=O)C(Cc2ccc(C=O)cc2)c2ccc(C(C)C)cc2)cn1. The van der Waals surface area contributed by atoms with Crippen LogP contribution in [0, 0.1) is 0 Å². The van der Waals surface area contributed by atoms with Gasteiger partial charge in [0.2, 0.25) is 5.91 Å². The van der Waals surface area contributed by atoms with Gasteiger partial charge in [-0.3, -0.25) is 14.6 Å². The largest absolute Gasteiger partial charge is 0.484 e. The monoisotopic (exact) mass is 518 g/mol. The van der Waals surface area contributed by atoms with Crippen molar-refractivity contribution >= 4 is 24.0 Å². The predicted molar refractivity (Wildman–Crippen MR) is 157 cm³/mol. The van der Waals surface area contributed by atoms with Gasteiger partial charge in [-0.1, -0.05) is 93.2 Å². The van der Waals surface area contributed by atoms with Gasteiger partial charge in [0.15, 0.2) is 0 Å². The van der Waals surface area contributed by atoms with Crippen LogP contribution in [0.5, 0.6) is 5.75 Å². The maximum atomic E-state index is 13.6. The Bertz CT molecular complexity index is 1410. The molecule has 198 valence electrons. The molecule has 1 amide bonds. The fourth-order valence-electron chi connectivity index (χ4n) is 4.40. The highest BCUT2D eigenvalue weighted by atomic mass is 16.5. The number of aldehydes is 1. The lowest BCUT2D eigenvalue weighted by atomic mass is 9.89. The zero-order valence-corrected chi connectivity index (χ0v) is 22.6. The lowest BCUT2D eigenvalue weighted by Gasteiger charge is -2.19. The number of nitrogens with one attached hydrogen (secondary N) is 1. The van der Waals surface area contributed by atoms with Gasteiger partial charge in [0.1, 0.15) is 18.1 Å². The zero-order valence-electron chi connectivity index (χ0n) is 22.6. The van der Waals surface area contributed by atoms with E-state index in [1.807, 2.05) is 67.6 Å². The first-order valence-corrected chi connectivity index (χ1v) is 13.2. The first kappa shape index (κ1) is 27.5. The van der Waals surface area contributed by atoms with Crippen LogP contribution in [0.4, 0.5) is 5.69 Å². The molecular weight excluding hydrogens is 484 g/mol. The number of para-hydroxylation sites is 1. The van der Waals surface area contributed by atoms with Gasteiger partial charge in [0.25, 0.3) is 0 Å². The third-order valence-electron chi connectivity index (χ3n) is 6.79. The Morgan fingerprint density at radius 3 is 2.23 bits per heavy atom. The molecule has 2 atom stereocenters. The summed E-state index contributed by atoms with van der Waals surface area (Å²) in [6, 6.07) is 27.0. The number of benzene rings is 3. The Labute approximate surface area is 230 Å². The number of carbonyl (C=O) groups is 2. The molecule has 39 heavy (non-hydrogen) atoms. The molecule has 1 aromatic heterocycles. The number of hydrogen-bond acceptors (Lipinski definition) is 4. The van der Waals surface area contributed by atoms with Gasteiger partial charge >= 0.3 is 0 Å². The minimum atomic E-state index is -0.411. The minimum Gasteiger partial charge on any atom is -0.484 e. The second-order valence-corrected chi connectivity index (χ2v) is 9.90. The van der Waals surface area contributed by atoms with Crippen LogP contribution in [0.25, 0.3) is 6.08 Å². The molecule has 1 heterocycles. The van der Waals surface area contributed by atoms with Crippen LogP contribution in [-0.4, -0.2) is 17.2 Å². The fourth-order valence-corrected chi connectivity index (χ4v) is 4.40. The van der Waals surface area contributed by atoms with E-state index < -0.39 is 5.92 Å². The smallest absolute Gasteiger partial charge is 0.232 e. The van der Waals surface area contributed by atoms with Crippen LogP contribution in [0.15, 0.2) is 97.7 Å². The Morgan fingerprint density at radius 1 is 0.923 bits per heavy atom. The molecule has 4 rings (SSSR count). The number of anilines is 1. The van der Waals surface area contributed by atoms with Crippen molar-refractivity contribution in [3.63, 3.8) is 0 Å². The molecule has 0 spiro atoms. The molecule has 1 N–H and O–H groups in total. The van der Waals surface area contributed by atoms with E-state index in [0.29, 0.717) is 23.6 Å². The summed E-state index contributed by atoms with van der Waals surface area (Å²) in [6.45, 7) is 10.1. The number of aromatic nitrogens is 1. The summed E-state index contributed by atoms with van der Waals surface area (Å²) in [6.07, 6.45) is 4.46. The third kappa shape index (κ3) is 7.08. The standard InChI is InChI=1S/C34H34N2O3/c1-5-27-8-6-7-9-33(27)39-24(4)32-19-18-30(21-35-32)36-34(38)31(20-25-10-12-26(22-37)13-11-25)29-16-14-28(15-17-29)23(2)3/h5-19,21-24,31H,1,20H2,2-4H3,(H,36,38). The van der Waals surface area contributed by atoms with Gasteiger partial charge in [-0.15, -0.1) is 0 Å². The first-order valence-electron chi connectivity index (χ1n) is 13.2. The topological polar surface area (TPSA) is 68.3 Å². The van der Waals surface area contributed by atoms with Crippen LogP contribution in [0.1, 0.15) is 77.0 Å². The van der Waals surface area contributed by atoms with Crippen molar-refractivity contribution in [3.05, 3.63) is 131 Å². The Morgan fingerprint density at radius 2 is 1.62 bits per heavy atom. The van der Waals surface area contributed by atoms with E-state index in [9.17, 15) is 9.59 Å². The summed E-state index contributed by atoms with van der Waals surface area (Å²) in [5.74, 6) is 0.617. The van der Waals surface area contributed by atoms with E-state index in [0.717, 1.165) is 34.4 Å². The highest BCUT2D eigenvalue weighted by molar-refractivity contribution is 5.96. The first-order chi connectivity index (χ1) is 18.9. The van der Waals surface area contributed by atoms with E-state index in [-0.39, 0.29) is 12.0 Å². The van der Waals surface area contributed by atoms with Gasteiger partial charge < -0.3 is 10.1 Å². The number of ether oxygens (including phenoxy) is 1. The third-order valence-corrected chi connectivity index (χ3v) is 6.79. The molecule has 5 heteroatoms. The van der Waals surface area contributed by atoms with E-state index in [1.165, 1.54) is 5.56 Å². The molecule has 2 unspecified atom stereocenters. The molecule has 5 nitrogen and oxygen atoms in total. The lowest BCUT2D eigenvalue weighted by molar-refractivity contribution is -0.117. The van der Waals surface area contributed by atoms with Crippen LogP contribution in [-0.2, 0) is 11.2 Å². The molecule has 0 radical (unpaired) electrons. The number of nitrogens with zero attached hydrogens (tertiary/aromatic N) is 1. The van der Waals surface area contributed by atoms with E-state index in [4.69, 9.17) is 4.74 Å². The summed E-state index contributed by atoms with van der Waals surface area (Å²) >= 11 is 0. The van der Waals surface area contributed by atoms with Crippen molar-refractivity contribution in [1.29, 1.82) is 0 Å². The number of rotatable bonds is 11. The van der Waals surface area contributed by atoms with Crippen LogP contribution in [0.2, 0.25) is 0 Å². The molecule has 0 saturated carbocycles. The van der Waals surface area contributed by atoms with Crippen molar-refractivity contribution in [2.24, 2.45) is 0 Å². The Balaban J connectivity index is 1.50. The average molecular weight is 519 g/mol. The summed E-state index contributed by atoms with van der Waals surface area (Å²) in [7, 11) is 0. The molecule has 4 aromatic rings. The highest BCUT2D eigenvalue weighted by Gasteiger charge is 2.22. The van der Waals surface area contributed by atoms with E-state index in [1.54, 1.807) is 24.4 Å². The van der Waals surface area contributed by atoms with Gasteiger partial charge in [-0.25, -0.2) is 0 Å². The molecule has 0 bridgehead atoms. The zero-order chi connectivity index (χ0) is 27.8. The Kier molecular flexibility index (Phi) is 9.06. The second-order valence-electron chi connectivity index (χ2n) is 9.90. The lowest BCUT2D eigenvalue weighted by Crippen LogP contribution is -2.23. The fraction of sp³-hybridized carbons (Fsp3) is 0.206. The molecule has 0 aliphatic rings. The maximum Gasteiger partial charge on any atom is 0.232 e. The second kappa shape index (κ2) is 12.8. The van der Waals surface area contributed by atoms with Crippen molar-refractivity contribution in [3.8, 4) is 5.75 Å². The number of pyridine rings is 1. The van der Waals surface area contributed by atoms with Crippen molar-refractivity contribution < 1.29 is 14.3 Å². The average Bonchev–Trinajstić information content (AvgIpc) is 2.97. The summed E-state index contributed by atoms with van der Waals surface area (Å²) in [5.41, 5.74) is 6.03. The molecule has 0 fully saturated rings. The maximum absolute atomic E-state index is 13.6. The number of amides is 1. The predicted octanol–water partition coefficient (Wildman–Crippen LogP) is 7.77. The molecule has 0 aliphatic heterocycles. The van der Waals surface area contributed by atoms with Crippen molar-refractivity contribution in [2.45, 2.75) is 45.1 Å². The summed E-state index contributed by atoms with van der Waals surface area (Å²) in [5, 5.41) is 3.04. The van der Waals surface area contributed by atoms with Gasteiger partial charge in [0, 0.05) is 11.1 Å². The molecule has 0 saturated heterocycles. The van der Waals surface area contributed by atoms with Crippen LogP contribution in [0.3, 0.4) is 0 Å². The molecule has 3 aromatic carbocycles. The minimum absolute atomic E-state index is 0.120. The molecule has 0 aliphatic carbocycles. The normalized spacial score (nSPS) is 12.4. The Hall–Kier alpha value is -4.51. The van der Waals surface area contributed by atoms with Gasteiger partial charge in [-0.2, -0.15) is 0 Å². The van der Waals surface area contributed by atoms with E-state index >= 15 is 0 Å².